The van der Waals surface area contributed by atoms with Crippen LogP contribution in [0.4, 0.5) is 0 Å². The van der Waals surface area contributed by atoms with Gasteiger partial charge in [-0.15, -0.1) is 0 Å². The van der Waals surface area contributed by atoms with Crippen molar-refractivity contribution in [2.75, 3.05) is 0 Å². The van der Waals surface area contributed by atoms with Crippen LogP contribution in [0.25, 0.3) is 10.8 Å². The molecular formula is C41H40O6. The Labute approximate surface area is 276 Å². The lowest BCUT2D eigenvalue weighted by Gasteiger charge is -1.96. The number of fused-ring (bicyclic) bond motifs is 1. The van der Waals surface area contributed by atoms with Crippen LogP contribution < -0.4 is 0 Å². The summed E-state index contributed by atoms with van der Waals surface area (Å²) < 4.78 is 0. The van der Waals surface area contributed by atoms with Gasteiger partial charge in [0.2, 0.25) is 0 Å². The number of aryl methyl sites for hydroxylation is 1. The number of benzene rings is 7. The van der Waals surface area contributed by atoms with Crippen LogP contribution in [0.3, 0.4) is 0 Å². The predicted octanol–water partition coefficient (Wildman–Crippen LogP) is 9.81. The lowest BCUT2D eigenvalue weighted by Crippen LogP contribution is -1.69. The molecule has 0 saturated carbocycles. The SMILES string of the molecule is Cc1ccccc1O.Oc1ccc2ccccc2c1.Oc1ccccc1.Oc1ccccc1.Oc1ccccc1.Oc1ccccc1. The van der Waals surface area contributed by atoms with E-state index in [-0.39, 0.29) is 0 Å². The molecule has 0 atom stereocenters. The predicted molar refractivity (Wildman–Crippen MR) is 191 cm³/mol. The van der Waals surface area contributed by atoms with Gasteiger partial charge >= 0.3 is 0 Å². The van der Waals surface area contributed by atoms with Crippen LogP contribution in [0.2, 0.25) is 0 Å². The maximum absolute atomic E-state index is 9.13. The zero-order valence-electron chi connectivity index (χ0n) is 26.1. The second-order valence-electron chi connectivity index (χ2n) is 9.66. The molecular weight excluding hydrogens is 588 g/mol. The first-order valence-electron chi connectivity index (χ1n) is 14.6. The Balaban J connectivity index is 0.000000198. The first kappa shape index (κ1) is 36.8. The molecule has 0 aliphatic rings. The van der Waals surface area contributed by atoms with Gasteiger partial charge in [0.05, 0.1) is 0 Å². The molecule has 7 rings (SSSR count). The summed E-state index contributed by atoms with van der Waals surface area (Å²) >= 11 is 0. The lowest BCUT2D eigenvalue weighted by molar-refractivity contribution is 0.471. The standard InChI is InChI=1S/C10H8O.C7H8O.4C6H6O/c11-10-6-5-8-3-1-2-4-9(8)7-10;1-6-4-2-3-5-7(6)8;4*7-6-4-2-1-3-5-6/h1-7,11H;2-5,8H,1H3;4*1-5,7H. The molecule has 0 aliphatic heterocycles. The summed E-state index contributed by atoms with van der Waals surface area (Å²) in [6, 6.07) is 55.4. The van der Waals surface area contributed by atoms with E-state index in [9.17, 15) is 0 Å². The highest BCUT2D eigenvalue weighted by molar-refractivity contribution is 5.83. The summed E-state index contributed by atoms with van der Waals surface area (Å²) in [4.78, 5) is 0. The third-order valence-corrected chi connectivity index (χ3v) is 5.87. The molecule has 6 N–H and O–H groups in total. The number of hydrogen-bond acceptors (Lipinski definition) is 6. The topological polar surface area (TPSA) is 121 Å². The zero-order valence-corrected chi connectivity index (χ0v) is 26.1. The van der Waals surface area contributed by atoms with E-state index in [4.69, 9.17) is 30.6 Å². The van der Waals surface area contributed by atoms with Gasteiger partial charge in [0, 0.05) is 0 Å². The van der Waals surface area contributed by atoms with Crippen molar-refractivity contribution in [1.82, 2.24) is 0 Å². The average molecular weight is 629 g/mol. The van der Waals surface area contributed by atoms with Crippen LogP contribution in [-0.4, -0.2) is 30.6 Å². The monoisotopic (exact) mass is 628 g/mol. The van der Waals surface area contributed by atoms with Gasteiger partial charge in [0.15, 0.2) is 0 Å². The fourth-order valence-corrected chi connectivity index (χ4v) is 3.45. The highest BCUT2D eigenvalue weighted by Crippen LogP contribution is 2.18. The minimum Gasteiger partial charge on any atom is -0.508 e. The maximum atomic E-state index is 9.13. The maximum Gasteiger partial charge on any atom is 0.118 e. The summed E-state index contributed by atoms with van der Waals surface area (Å²) in [6.45, 7) is 1.87. The van der Waals surface area contributed by atoms with E-state index in [0.717, 1.165) is 16.3 Å². The van der Waals surface area contributed by atoms with Crippen molar-refractivity contribution in [3.8, 4) is 34.5 Å². The van der Waals surface area contributed by atoms with Crippen molar-refractivity contribution in [2.24, 2.45) is 0 Å². The van der Waals surface area contributed by atoms with Crippen molar-refractivity contribution in [1.29, 1.82) is 0 Å². The molecule has 0 spiro atoms. The summed E-state index contributed by atoms with van der Waals surface area (Å²) in [7, 11) is 0. The van der Waals surface area contributed by atoms with Crippen molar-refractivity contribution in [3.05, 3.63) is 194 Å². The van der Waals surface area contributed by atoms with Gasteiger partial charge in [-0.1, -0.05) is 121 Å². The van der Waals surface area contributed by atoms with E-state index in [0.29, 0.717) is 34.5 Å². The molecule has 0 saturated heterocycles. The van der Waals surface area contributed by atoms with Crippen LogP contribution >= 0.6 is 0 Å². The van der Waals surface area contributed by atoms with E-state index >= 15 is 0 Å². The first-order chi connectivity index (χ1) is 22.7. The van der Waals surface area contributed by atoms with Crippen molar-refractivity contribution in [3.63, 3.8) is 0 Å². The Bertz CT molecular complexity index is 1610. The Morgan fingerprint density at radius 3 is 0.894 bits per heavy atom. The Morgan fingerprint density at radius 1 is 0.277 bits per heavy atom. The molecule has 0 aliphatic carbocycles. The molecule has 0 amide bonds. The second kappa shape index (κ2) is 22.2. The Hall–Kier alpha value is -6.40. The molecule has 6 nitrogen and oxygen atoms in total. The zero-order chi connectivity index (χ0) is 34.1. The van der Waals surface area contributed by atoms with Crippen LogP contribution in [0.15, 0.2) is 188 Å². The molecule has 7 aromatic carbocycles. The fraction of sp³-hybridized carbons (Fsp3) is 0.0244. The summed E-state index contributed by atoms with van der Waals surface area (Å²) in [6.07, 6.45) is 0. The minimum atomic E-state index is 0.322. The molecule has 0 aromatic heterocycles. The third-order valence-electron chi connectivity index (χ3n) is 5.87. The molecule has 0 fully saturated rings. The number of phenols is 6. The average Bonchev–Trinajstić information content (AvgIpc) is 3.09. The molecule has 0 heterocycles. The molecule has 47 heavy (non-hydrogen) atoms. The van der Waals surface area contributed by atoms with E-state index < -0.39 is 0 Å². The van der Waals surface area contributed by atoms with Gasteiger partial charge < -0.3 is 30.6 Å². The van der Waals surface area contributed by atoms with Crippen LogP contribution in [0.1, 0.15) is 5.56 Å². The summed E-state index contributed by atoms with van der Waals surface area (Å²) in [5.41, 5.74) is 0.924. The highest BCUT2D eigenvalue weighted by atomic mass is 16.3. The number of rotatable bonds is 0. The number of para-hydroxylation sites is 5. The molecule has 240 valence electrons. The Kier molecular flexibility index (Phi) is 17.3. The number of hydrogen-bond donors (Lipinski definition) is 6. The van der Waals surface area contributed by atoms with E-state index in [1.165, 1.54) is 0 Å². The van der Waals surface area contributed by atoms with Crippen LogP contribution in [0, 0.1) is 6.92 Å². The van der Waals surface area contributed by atoms with Gasteiger partial charge in [-0.2, -0.15) is 0 Å². The quantitative estimate of drug-likeness (QED) is 0.0994. The molecule has 6 heteroatoms. The normalized spacial score (nSPS) is 9.04. The van der Waals surface area contributed by atoms with E-state index in [1.807, 2.05) is 79.7 Å². The van der Waals surface area contributed by atoms with Gasteiger partial charge in [-0.05, 0) is 90.0 Å². The summed E-state index contributed by atoms with van der Waals surface area (Å²) in [5, 5.41) is 54.8. The van der Waals surface area contributed by atoms with Gasteiger partial charge in [0.1, 0.15) is 34.5 Å². The van der Waals surface area contributed by atoms with Crippen molar-refractivity contribution < 1.29 is 30.6 Å². The van der Waals surface area contributed by atoms with Gasteiger partial charge in [-0.25, -0.2) is 0 Å². The molecule has 7 aromatic rings. The minimum absolute atomic E-state index is 0.322. The molecule has 0 radical (unpaired) electrons. The van der Waals surface area contributed by atoms with E-state index in [1.54, 1.807) is 115 Å². The van der Waals surface area contributed by atoms with Crippen LogP contribution in [-0.2, 0) is 0 Å². The van der Waals surface area contributed by atoms with Crippen LogP contribution in [0.5, 0.6) is 34.5 Å². The highest BCUT2D eigenvalue weighted by Gasteiger charge is 1.91. The number of phenolic OH excluding ortho intramolecular Hbond substituents is 6. The Morgan fingerprint density at radius 2 is 0.596 bits per heavy atom. The van der Waals surface area contributed by atoms with E-state index in [2.05, 4.69) is 0 Å². The van der Waals surface area contributed by atoms with Gasteiger partial charge in [0.25, 0.3) is 0 Å². The third kappa shape index (κ3) is 17.5. The molecule has 0 bridgehead atoms. The first-order valence-corrected chi connectivity index (χ1v) is 14.6. The fourth-order valence-electron chi connectivity index (χ4n) is 3.45. The second-order valence-corrected chi connectivity index (χ2v) is 9.66. The van der Waals surface area contributed by atoms with Crippen molar-refractivity contribution in [2.45, 2.75) is 6.92 Å². The van der Waals surface area contributed by atoms with Crippen molar-refractivity contribution >= 4 is 10.8 Å². The largest absolute Gasteiger partial charge is 0.508 e. The molecule has 0 unspecified atom stereocenters. The van der Waals surface area contributed by atoms with Gasteiger partial charge in [-0.3, -0.25) is 0 Å². The summed E-state index contributed by atoms with van der Waals surface area (Å²) in [5.74, 6) is 1.98. The number of aromatic hydroxyl groups is 6. The smallest absolute Gasteiger partial charge is 0.118 e. The lowest BCUT2D eigenvalue weighted by atomic mass is 10.1.